The van der Waals surface area contributed by atoms with Gasteiger partial charge in [-0.3, -0.25) is 0 Å². The number of ether oxygens (including phenoxy) is 2. The van der Waals surface area contributed by atoms with Crippen molar-refractivity contribution in [3.05, 3.63) is 16.6 Å². The second kappa shape index (κ2) is 6.67. The van der Waals surface area contributed by atoms with Crippen LogP contribution in [0.15, 0.2) is 0 Å². The van der Waals surface area contributed by atoms with Gasteiger partial charge < -0.3 is 25.0 Å². The van der Waals surface area contributed by atoms with Crippen LogP contribution in [0.5, 0.6) is 0 Å². The minimum atomic E-state index is -0.806. The molecule has 0 aliphatic carbocycles. The van der Waals surface area contributed by atoms with Crippen LogP contribution < -0.4 is 5.32 Å². The number of hydrogen-bond donors (Lipinski definition) is 3. The summed E-state index contributed by atoms with van der Waals surface area (Å²) in [6.45, 7) is 6.66. The van der Waals surface area contributed by atoms with Gasteiger partial charge in [-0.2, -0.15) is 0 Å². The van der Waals surface area contributed by atoms with E-state index in [-0.39, 0.29) is 17.8 Å². The SMILES string of the molecule is [C-]#[N+]c1sc(N[C@@H]2C[C@@H](O)[C@@H](CO)O[C@@H]2OC)nc1Cl. The van der Waals surface area contributed by atoms with Crippen LogP contribution in [0, 0.1) is 6.57 Å². The second-order valence-corrected chi connectivity index (χ2v) is 5.58. The van der Waals surface area contributed by atoms with Crippen molar-refractivity contribution in [2.75, 3.05) is 19.0 Å². The number of hydrogen-bond acceptors (Lipinski definition) is 7. The predicted molar refractivity (Wildman–Crippen MR) is 74.2 cm³/mol. The first-order chi connectivity index (χ1) is 9.58. The number of thiazole rings is 1. The van der Waals surface area contributed by atoms with Gasteiger partial charge in [0.15, 0.2) is 16.6 Å². The Bertz CT molecular complexity index is 506. The predicted octanol–water partition coefficient (Wildman–Crippen LogP) is 1.24. The summed E-state index contributed by atoms with van der Waals surface area (Å²) in [6, 6.07) is -0.349. The topological polar surface area (TPSA) is 88.2 Å². The third-order valence-electron chi connectivity index (χ3n) is 2.95. The Morgan fingerprint density at radius 3 is 3.00 bits per heavy atom. The Morgan fingerprint density at radius 2 is 2.45 bits per heavy atom. The van der Waals surface area contributed by atoms with Crippen molar-refractivity contribution < 1.29 is 19.7 Å². The maximum absolute atomic E-state index is 9.86. The fourth-order valence-corrected chi connectivity index (χ4v) is 2.97. The van der Waals surface area contributed by atoms with Gasteiger partial charge >= 0.3 is 0 Å². The van der Waals surface area contributed by atoms with Crippen LogP contribution in [0.1, 0.15) is 6.42 Å². The third kappa shape index (κ3) is 3.20. The number of nitrogens with one attached hydrogen (secondary N) is 1. The summed E-state index contributed by atoms with van der Waals surface area (Å²) in [5.74, 6) is 0. The molecular weight excluding hydrogens is 306 g/mol. The number of aliphatic hydroxyl groups excluding tert-OH is 2. The number of halogens is 1. The van der Waals surface area contributed by atoms with Gasteiger partial charge in [0.1, 0.15) is 6.10 Å². The van der Waals surface area contributed by atoms with E-state index in [9.17, 15) is 5.11 Å². The molecule has 9 heteroatoms. The van der Waals surface area contributed by atoms with Gasteiger partial charge in [0.2, 0.25) is 0 Å². The summed E-state index contributed by atoms with van der Waals surface area (Å²) >= 11 is 6.93. The number of aliphatic hydroxyl groups is 2. The highest BCUT2D eigenvalue weighted by Gasteiger charge is 2.37. The Labute approximate surface area is 124 Å². The molecule has 0 radical (unpaired) electrons. The lowest BCUT2D eigenvalue weighted by Gasteiger charge is -2.38. The van der Waals surface area contributed by atoms with E-state index in [1.807, 2.05) is 0 Å². The normalized spacial score (nSPS) is 29.9. The van der Waals surface area contributed by atoms with E-state index in [2.05, 4.69) is 15.1 Å². The first kappa shape index (κ1) is 15.4. The number of nitrogens with zero attached hydrogens (tertiary/aromatic N) is 2. The van der Waals surface area contributed by atoms with Crippen molar-refractivity contribution in [1.82, 2.24) is 4.98 Å². The van der Waals surface area contributed by atoms with E-state index in [0.717, 1.165) is 11.3 Å². The summed E-state index contributed by atoms with van der Waals surface area (Å²) in [4.78, 5) is 7.28. The number of methoxy groups -OCH3 is 1. The zero-order chi connectivity index (χ0) is 14.7. The van der Waals surface area contributed by atoms with E-state index in [1.54, 1.807) is 0 Å². The fraction of sp³-hybridized carbons (Fsp3) is 0.636. The smallest absolute Gasteiger partial charge is 0.280 e. The van der Waals surface area contributed by atoms with E-state index in [1.165, 1.54) is 7.11 Å². The first-order valence-electron chi connectivity index (χ1n) is 5.86. The van der Waals surface area contributed by atoms with Crippen molar-refractivity contribution in [2.24, 2.45) is 0 Å². The summed E-state index contributed by atoms with van der Waals surface area (Å²) in [5.41, 5.74) is 0. The highest BCUT2D eigenvalue weighted by Crippen LogP contribution is 2.36. The maximum Gasteiger partial charge on any atom is 0.280 e. The third-order valence-corrected chi connectivity index (χ3v) is 4.21. The van der Waals surface area contributed by atoms with Gasteiger partial charge in [0, 0.05) is 13.5 Å². The molecule has 110 valence electrons. The molecule has 20 heavy (non-hydrogen) atoms. The van der Waals surface area contributed by atoms with Crippen LogP contribution in [-0.2, 0) is 9.47 Å². The molecule has 1 fully saturated rings. The number of rotatable bonds is 4. The molecule has 0 unspecified atom stereocenters. The summed E-state index contributed by atoms with van der Waals surface area (Å²) in [5, 5.41) is 22.9. The highest BCUT2D eigenvalue weighted by molar-refractivity contribution is 7.20. The van der Waals surface area contributed by atoms with Gasteiger partial charge in [-0.1, -0.05) is 11.6 Å². The quantitative estimate of drug-likeness (QED) is 0.724. The maximum atomic E-state index is 9.86. The zero-order valence-electron chi connectivity index (χ0n) is 10.6. The molecule has 7 nitrogen and oxygen atoms in total. The minimum Gasteiger partial charge on any atom is -0.394 e. The molecule has 1 aromatic rings. The van der Waals surface area contributed by atoms with E-state index in [0.29, 0.717) is 16.6 Å². The van der Waals surface area contributed by atoms with Crippen LogP contribution in [-0.4, -0.2) is 53.5 Å². The summed E-state index contributed by atoms with van der Waals surface area (Å²) in [7, 11) is 1.48. The molecule has 2 rings (SSSR count). The van der Waals surface area contributed by atoms with E-state index >= 15 is 0 Å². The lowest BCUT2D eigenvalue weighted by molar-refractivity contribution is -0.224. The fourth-order valence-electron chi connectivity index (χ4n) is 1.98. The van der Waals surface area contributed by atoms with Gasteiger partial charge in [-0.25, -0.2) is 9.83 Å². The average Bonchev–Trinajstić information content (AvgIpc) is 2.79. The molecule has 4 atom stereocenters. The average molecular weight is 320 g/mol. The Kier molecular flexibility index (Phi) is 5.15. The molecule has 2 heterocycles. The zero-order valence-corrected chi connectivity index (χ0v) is 12.2. The minimum absolute atomic E-state index is 0.145. The summed E-state index contributed by atoms with van der Waals surface area (Å²) < 4.78 is 10.6. The van der Waals surface area contributed by atoms with Crippen LogP contribution in [0.4, 0.5) is 10.1 Å². The largest absolute Gasteiger partial charge is 0.394 e. The van der Waals surface area contributed by atoms with Gasteiger partial charge in [0.05, 0.1) is 25.3 Å². The Morgan fingerprint density at radius 1 is 1.70 bits per heavy atom. The van der Waals surface area contributed by atoms with Crippen molar-refractivity contribution in [2.45, 2.75) is 31.0 Å². The number of aromatic nitrogens is 1. The Hall–Kier alpha value is -0.950. The van der Waals surface area contributed by atoms with Crippen molar-refractivity contribution >= 4 is 33.1 Å². The van der Waals surface area contributed by atoms with Crippen molar-refractivity contribution in [3.8, 4) is 0 Å². The molecule has 1 aliphatic rings. The second-order valence-electron chi connectivity index (χ2n) is 4.24. The Balaban J connectivity index is 2.09. The summed E-state index contributed by atoms with van der Waals surface area (Å²) in [6.07, 6.45) is -1.78. The molecule has 1 aromatic heterocycles. The highest BCUT2D eigenvalue weighted by atomic mass is 35.5. The molecule has 0 aromatic carbocycles. The van der Waals surface area contributed by atoms with Crippen molar-refractivity contribution in [3.63, 3.8) is 0 Å². The molecule has 0 spiro atoms. The standard InChI is InChI=1S/C11H14ClN3O4S/c1-13-9-8(12)15-11(20-9)14-5-3-6(17)7(4-16)19-10(5)18-2/h5-7,10,16-17H,3-4H2,2H3,(H,14,15)/t5-,6-,7-,10+/m1/s1. The van der Waals surface area contributed by atoms with E-state index < -0.39 is 18.5 Å². The van der Waals surface area contributed by atoms with Gasteiger partial charge in [-0.05, 0) is 0 Å². The molecule has 3 N–H and O–H groups in total. The molecular formula is C11H14ClN3O4S. The molecule has 0 amide bonds. The molecule has 0 saturated carbocycles. The van der Waals surface area contributed by atoms with E-state index in [4.69, 9.17) is 32.8 Å². The van der Waals surface area contributed by atoms with Crippen LogP contribution in [0.25, 0.3) is 4.85 Å². The van der Waals surface area contributed by atoms with Gasteiger partial charge in [0.25, 0.3) is 5.00 Å². The number of anilines is 1. The van der Waals surface area contributed by atoms with Gasteiger partial charge in [-0.15, -0.1) is 11.3 Å². The van der Waals surface area contributed by atoms with Crippen LogP contribution >= 0.6 is 22.9 Å². The van der Waals surface area contributed by atoms with Crippen molar-refractivity contribution in [1.29, 1.82) is 0 Å². The molecule has 1 saturated heterocycles. The lowest BCUT2D eigenvalue weighted by atomic mass is 10.0. The van der Waals surface area contributed by atoms with Crippen LogP contribution in [0.3, 0.4) is 0 Å². The first-order valence-corrected chi connectivity index (χ1v) is 7.06. The molecule has 1 aliphatic heterocycles. The van der Waals surface area contributed by atoms with Crippen LogP contribution in [0.2, 0.25) is 5.15 Å². The monoisotopic (exact) mass is 319 g/mol. The lowest BCUT2D eigenvalue weighted by Crippen LogP contribution is -2.52. The molecule has 0 bridgehead atoms.